The standard InChI is InChI=1S/C18H26ClFN2O4S/c1-18(2,3)26-17(23)22-9-7-13(8-10-22)11-21-27(24,25)12-14-15(19)5-4-6-16(14)20/h4-6,13,21H,7-12H2,1-3H3. The molecule has 1 heterocycles. The normalized spacial score (nSPS) is 16.4. The van der Waals surface area contributed by atoms with Gasteiger partial charge in [-0.3, -0.25) is 0 Å². The van der Waals surface area contributed by atoms with Gasteiger partial charge in [-0.15, -0.1) is 0 Å². The van der Waals surface area contributed by atoms with Crippen molar-refractivity contribution in [3.63, 3.8) is 0 Å². The van der Waals surface area contributed by atoms with E-state index in [0.717, 1.165) is 0 Å². The summed E-state index contributed by atoms with van der Waals surface area (Å²) in [6.45, 7) is 6.72. The van der Waals surface area contributed by atoms with Gasteiger partial charge in [0.1, 0.15) is 11.4 Å². The SMILES string of the molecule is CC(C)(C)OC(=O)N1CCC(CNS(=O)(=O)Cc2c(F)cccc2Cl)CC1. The lowest BCUT2D eigenvalue weighted by Gasteiger charge is -2.33. The Hall–Kier alpha value is -1.38. The lowest BCUT2D eigenvalue weighted by molar-refractivity contribution is 0.0185. The minimum atomic E-state index is -3.71. The van der Waals surface area contributed by atoms with E-state index in [1.54, 1.807) is 4.90 Å². The number of halogens is 2. The number of carbonyl (C=O) groups excluding carboxylic acids is 1. The van der Waals surface area contributed by atoms with Crippen molar-refractivity contribution >= 4 is 27.7 Å². The van der Waals surface area contributed by atoms with E-state index in [1.807, 2.05) is 20.8 Å². The Balaban J connectivity index is 1.83. The van der Waals surface area contributed by atoms with E-state index in [2.05, 4.69) is 4.72 Å². The Morgan fingerprint density at radius 2 is 1.96 bits per heavy atom. The van der Waals surface area contributed by atoms with Crippen LogP contribution in [-0.4, -0.2) is 44.6 Å². The maximum Gasteiger partial charge on any atom is 0.410 e. The number of hydrogen-bond acceptors (Lipinski definition) is 4. The van der Waals surface area contributed by atoms with Crippen LogP contribution in [0.15, 0.2) is 18.2 Å². The number of benzene rings is 1. The summed E-state index contributed by atoms with van der Waals surface area (Å²) >= 11 is 5.89. The van der Waals surface area contributed by atoms with Gasteiger partial charge in [0.05, 0.1) is 5.75 Å². The minimum Gasteiger partial charge on any atom is -0.444 e. The second-order valence-corrected chi connectivity index (χ2v) is 9.93. The van der Waals surface area contributed by atoms with Gasteiger partial charge in [-0.2, -0.15) is 0 Å². The molecular formula is C18H26ClFN2O4S. The van der Waals surface area contributed by atoms with E-state index in [-0.39, 0.29) is 29.1 Å². The number of likely N-dealkylation sites (tertiary alicyclic amines) is 1. The van der Waals surface area contributed by atoms with Crippen LogP contribution in [0.3, 0.4) is 0 Å². The van der Waals surface area contributed by atoms with Crippen LogP contribution in [0, 0.1) is 11.7 Å². The molecule has 1 saturated heterocycles. The molecule has 1 amide bonds. The molecule has 0 radical (unpaired) electrons. The highest BCUT2D eigenvalue weighted by molar-refractivity contribution is 7.88. The summed E-state index contributed by atoms with van der Waals surface area (Å²) in [5, 5.41) is 0.0889. The molecule has 1 N–H and O–H groups in total. The first kappa shape index (κ1) is 21.9. The Labute approximate surface area is 165 Å². The summed E-state index contributed by atoms with van der Waals surface area (Å²) in [6.07, 6.45) is 0.987. The molecule has 0 bridgehead atoms. The molecule has 27 heavy (non-hydrogen) atoms. The molecule has 0 atom stereocenters. The summed E-state index contributed by atoms with van der Waals surface area (Å²) < 4.78 is 46.2. The van der Waals surface area contributed by atoms with Crippen molar-refractivity contribution in [2.45, 2.75) is 45.0 Å². The van der Waals surface area contributed by atoms with E-state index in [9.17, 15) is 17.6 Å². The average molecular weight is 421 g/mol. The van der Waals surface area contributed by atoms with Crippen LogP contribution in [-0.2, 0) is 20.5 Å². The first-order valence-corrected chi connectivity index (χ1v) is 10.9. The van der Waals surface area contributed by atoms with Gasteiger partial charge in [0, 0.05) is 30.2 Å². The molecule has 1 aliphatic heterocycles. The summed E-state index contributed by atoms with van der Waals surface area (Å²) in [6, 6.07) is 4.07. The largest absolute Gasteiger partial charge is 0.444 e. The highest BCUT2D eigenvalue weighted by Crippen LogP contribution is 2.22. The van der Waals surface area contributed by atoms with Crippen molar-refractivity contribution in [2.75, 3.05) is 19.6 Å². The third kappa shape index (κ3) is 6.93. The summed E-state index contributed by atoms with van der Waals surface area (Å²) in [5.74, 6) is -1.04. The molecule has 1 aromatic rings. The molecular weight excluding hydrogens is 395 g/mol. The molecule has 0 aliphatic carbocycles. The summed E-state index contributed by atoms with van der Waals surface area (Å²) in [7, 11) is -3.71. The fraction of sp³-hybridized carbons (Fsp3) is 0.611. The smallest absolute Gasteiger partial charge is 0.410 e. The van der Waals surface area contributed by atoms with Crippen molar-refractivity contribution in [1.29, 1.82) is 0 Å². The van der Waals surface area contributed by atoms with Gasteiger partial charge in [0.25, 0.3) is 0 Å². The van der Waals surface area contributed by atoms with Crippen LogP contribution in [0.25, 0.3) is 0 Å². The zero-order valence-corrected chi connectivity index (χ0v) is 17.4. The topological polar surface area (TPSA) is 75.7 Å². The molecule has 0 unspecified atom stereocenters. The van der Waals surface area contributed by atoms with Crippen molar-refractivity contribution in [3.05, 3.63) is 34.6 Å². The lowest BCUT2D eigenvalue weighted by Crippen LogP contribution is -2.43. The first-order chi connectivity index (χ1) is 12.5. The molecule has 0 saturated carbocycles. The Kier molecular flexibility index (Phi) is 7.10. The number of sulfonamides is 1. The van der Waals surface area contributed by atoms with E-state index >= 15 is 0 Å². The maximum absolute atomic E-state index is 13.8. The quantitative estimate of drug-likeness (QED) is 0.790. The highest BCUT2D eigenvalue weighted by Gasteiger charge is 2.27. The molecule has 1 aromatic carbocycles. The van der Waals surface area contributed by atoms with E-state index in [1.165, 1.54) is 18.2 Å². The number of nitrogens with one attached hydrogen (secondary N) is 1. The molecule has 6 nitrogen and oxygen atoms in total. The van der Waals surface area contributed by atoms with Gasteiger partial charge in [-0.05, 0) is 51.7 Å². The van der Waals surface area contributed by atoms with Crippen molar-refractivity contribution < 1.29 is 22.3 Å². The number of ether oxygens (including phenoxy) is 1. The molecule has 1 fully saturated rings. The predicted molar refractivity (Wildman–Crippen MR) is 103 cm³/mol. The van der Waals surface area contributed by atoms with Crippen molar-refractivity contribution in [1.82, 2.24) is 9.62 Å². The van der Waals surface area contributed by atoms with Gasteiger partial charge >= 0.3 is 6.09 Å². The second-order valence-electron chi connectivity index (χ2n) is 7.72. The van der Waals surface area contributed by atoms with Gasteiger partial charge in [0.15, 0.2) is 0 Å². The molecule has 0 spiro atoms. The lowest BCUT2D eigenvalue weighted by atomic mass is 9.97. The third-order valence-corrected chi connectivity index (χ3v) is 5.88. The van der Waals surface area contributed by atoms with Crippen LogP contribution in [0.2, 0.25) is 5.02 Å². The Morgan fingerprint density at radius 1 is 1.33 bits per heavy atom. The van der Waals surface area contributed by atoms with Gasteiger partial charge in [-0.25, -0.2) is 22.3 Å². The number of carbonyl (C=O) groups is 1. The maximum atomic E-state index is 13.8. The fourth-order valence-corrected chi connectivity index (χ4v) is 4.38. The molecule has 0 aromatic heterocycles. The first-order valence-electron chi connectivity index (χ1n) is 8.85. The Bertz CT molecular complexity index is 752. The molecule has 152 valence electrons. The van der Waals surface area contributed by atoms with Crippen molar-refractivity contribution in [3.8, 4) is 0 Å². The van der Waals surface area contributed by atoms with Gasteiger partial charge in [-0.1, -0.05) is 17.7 Å². The minimum absolute atomic E-state index is 0.0357. The summed E-state index contributed by atoms with van der Waals surface area (Å²) in [5.41, 5.74) is -0.580. The number of amides is 1. The zero-order chi connectivity index (χ0) is 20.2. The van der Waals surface area contributed by atoms with Crippen LogP contribution in [0.5, 0.6) is 0 Å². The molecule has 1 aliphatic rings. The number of nitrogens with zero attached hydrogens (tertiary/aromatic N) is 1. The summed E-state index contributed by atoms with van der Waals surface area (Å²) in [4.78, 5) is 13.7. The van der Waals surface area contributed by atoms with Crippen molar-refractivity contribution in [2.24, 2.45) is 5.92 Å². The monoisotopic (exact) mass is 420 g/mol. The zero-order valence-electron chi connectivity index (χ0n) is 15.8. The Morgan fingerprint density at radius 3 is 2.52 bits per heavy atom. The number of piperidine rings is 1. The van der Waals surface area contributed by atoms with E-state index < -0.39 is 27.2 Å². The van der Waals surface area contributed by atoms with Crippen LogP contribution < -0.4 is 4.72 Å². The van der Waals surface area contributed by atoms with Crippen LogP contribution >= 0.6 is 11.6 Å². The van der Waals surface area contributed by atoms with Crippen LogP contribution in [0.4, 0.5) is 9.18 Å². The van der Waals surface area contributed by atoms with E-state index in [4.69, 9.17) is 16.3 Å². The highest BCUT2D eigenvalue weighted by atomic mass is 35.5. The predicted octanol–water partition coefficient (Wildman–Crippen LogP) is 3.55. The third-order valence-electron chi connectivity index (χ3n) is 4.25. The average Bonchev–Trinajstić information content (AvgIpc) is 2.55. The second kappa shape index (κ2) is 8.75. The van der Waals surface area contributed by atoms with Gasteiger partial charge in [0.2, 0.25) is 10.0 Å². The van der Waals surface area contributed by atoms with E-state index in [0.29, 0.717) is 25.9 Å². The molecule has 2 rings (SSSR count). The number of hydrogen-bond donors (Lipinski definition) is 1. The van der Waals surface area contributed by atoms with Crippen LogP contribution in [0.1, 0.15) is 39.2 Å². The number of rotatable bonds is 5. The fourth-order valence-electron chi connectivity index (χ4n) is 2.80. The molecule has 9 heteroatoms. The van der Waals surface area contributed by atoms with Gasteiger partial charge < -0.3 is 9.64 Å².